The maximum atomic E-state index is 14.0. The van der Waals surface area contributed by atoms with Gasteiger partial charge in [-0.1, -0.05) is 29.8 Å². The van der Waals surface area contributed by atoms with Crippen molar-refractivity contribution >= 4 is 27.5 Å². The molecule has 1 aliphatic rings. The Balaban J connectivity index is 1.88. The van der Waals surface area contributed by atoms with Gasteiger partial charge in [0.25, 0.3) is 0 Å². The Hall–Kier alpha value is -1.10. The van der Waals surface area contributed by atoms with E-state index in [9.17, 15) is 4.39 Å². The summed E-state index contributed by atoms with van der Waals surface area (Å²) in [4.78, 5) is 0. The fourth-order valence-electron chi connectivity index (χ4n) is 2.40. The predicted molar refractivity (Wildman–Crippen MR) is 80.6 cm³/mol. The third-order valence-corrected chi connectivity index (χ3v) is 4.67. The molecule has 0 spiro atoms. The number of benzene rings is 2. The molecule has 0 saturated carbocycles. The normalized spacial score (nSPS) is 18.5. The number of hydrogen-bond acceptors (Lipinski definition) is 2. The fourth-order valence-corrected chi connectivity index (χ4v) is 2.89. The van der Waals surface area contributed by atoms with E-state index < -0.39 is 6.04 Å². The molecule has 0 fully saturated rings. The molecule has 104 valence electrons. The van der Waals surface area contributed by atoms with Crippen LogP contribution in [0.4, 0.5) is 4.39 Å². The van der Waals surface area contributed by atoms with E-state index in [1.54, 1.807) is 6.07 Å². The molecule has 0 bridgehead atoms. The molecule has 2 nitrogen and oxygen atoms in total. The van der Waals surface area contributed by atoms with Crippen LogP contribution in [0.1, 0.15) is 17.2 Å². The van der Waals surface area contributed by atoms with E-state index in [2.05, 4.69) is 15.9 Å². The minimum absolute atomic E-state index is 0.279. The number of para-hydroxylation sites is 1. The van der Waals surface area contributed by atoms with Gasteiger partial charge in [0.05, 0.1) is 11.1 Å². The SMILES string of the molecule is NC(c1cc(Cl)c(Br)cc1F)C1Cc2ccccc2O1. The molecule has 2 atom stereocenters. The van der Waals surface area contributed by atoms with Crippen molar-refractivity contribution in [3.05, 3.63) is 62.8 Å². The molecule has 3 rings (SSSR count). The molecule has 2 aromatic rings. The lowest BCUT2D eigenvalue weighted by Crippen LogP contribution is -2.30. The van der Waals surface area contributed by atoms with E-state index in [0.29, 0.717) is 21.5 Å². The van der Waals surface area contributed by atoms with Crippen molar-refractivity contribution in [3.8, 4) is 5.75 Å². The first kappa shape index (κ1) is 13.9. The van der Waals surface area contributed by atoms with Gasteiger partial charge in [0.1, 0.15) is 17.7 Å². The first-order valence-electron chi connectivity index (χ1n) is 6.21. The molecular weight excluding hydrogens is 345 g/mol. The third kappa shape index (κ3) is 2.43. The van der Waals surface area contributed by atoms with Crippen LogP contribution in [0.5, 0.6) is 5.75 Å². The number of halogens is 3. The Bertz CT molecular complexity index is 639. The molecule has 1 aliphatic heterocycles. The molecule has 2 N–H and O–H groups in total. The third-order valence-electron chi connectivity index (χ3n) is 3.47. The van der Waals surface area contributed by atoms with Crippen LogP contribution in [0.25, 0.3) is 0 Å². The van der Waals surface area contributed by atoms with Gasteiger partial charge in [-0.3, -0.25) is 0 Å². The number of nitrogens with two attached hydrogens (primary N) is 1. The zero-order valence-corrected chi connectivity index (χ0v) is 12.8. The fraction of sp³-hybridized carbons (Fsp3) is 0.200. The lowest BCUT2D eigenvalue weighted by Gasteiger charge is -2.20. The standard InChI is InChI=1S/C15H12BrClFNO/c16-10-7-12(18)9(6-11(10)17)15(19)14-5-8-3-1-2-4-13(8)20-14/h1-4,6-7,14-15H,5,19H2. The van der Waals surface area contributed by atoms with Crippen molar-refractivity contribution in [1.82, 2.24) is 0 Å². The summed E-state index contributed by atoms with van der Waals surface area (Å²) in [7, 11) is 0. The van der Waals surface area contributed by atoms with Gasteiger partial charge in [0, 0.05) is 16.5 Å². The Labute approximate surface area is 129 Å². The Morgan fingerprint density at radius 2 is 2.10 bits per heavy atom. The predicted octanol–water partition coefficient (Wildman–Crippen LogP) is 4.25. The highest BCUT2D eigenvalue weighted by molar-refractivity contribution is 9.10. The maximum absolute atomic E-state index is 14.0. The lowest BCUT2D eigenvalue weighted by molar-refractivity contribution is 0.197. The summed E-state index contributed by atoms with van der Waals surface area (Å²) in [6, 6.07) is 10.1. The Morgan fingerprint density at radius 3 is 2.85 bits per heavy atom. The zero-order valence-electron chi connectivity index (χ0n) is 10.4. The van der Waals surface area contributed by atoms with Crippen molar-refractivity contribution in [2.24, 2.45) is 5.73 Å². The summed E-state index contributed by atoms with van der Waals surface area (Å²) in [6.07, 6.45) is 0.393. The van der Waals surface area contributed by atoms with E-state index in [1.807, 2.05) is 24.3 Å². The van der Waals surface area contributed by atoms with Crippen molar-refractivity contribution in [2.75, 3.05) is 0 Å². The maximum Gasteiger partial charge on any atom is 0.129 e. The first-order valence-corrected chi connectivity index (χ1v) is 7.38. The lowest BCUT2D eigenvalue weighted by atomic mass is 9.98. The summed E-state index contributed by atoms with van der Waals surface area (Å²) >= 11 is 9.21. The van der Waals surface area contributed by atoms with Crippen LogP contribution in [0, 0.1) is 5.82 Å². The second-order valence-electron chi connectivity index (χ2n) is 4.78. The molecule has 0 saturated heterocycles. The number of rotatable bonds is 2. The number of ether oxygens (including phenoxy) is 1. The Kier molecular flexibility index (Phi) is 3.71. The molecule has 2 unspecified atom stereocenters. The monoisotopic (exact) mass is 355 g/mol. The van der Waals surface area contributed by atoms with Crippen molar-refractivity contribution in [3.63, 3.8) is 0 Å². The molecule has 0 radical (unpaired) electrons. The molecule has 0 amide bonds. The summed E-state index contributed by atoms with van der Waals surface area (Å²) in [6.45, 7) is 0. The Morgan fingerprint density at radius 1 is 1.35 bits per heavy atom. The largest absolute Gasteiger partial charge is 0.488 e. The molecular formula is C15H12BrClFNO. The van der Waals surface area contributed by atoms with Gasteiger partial charge in [0.2, 0.25) is 0 Å². The van der Waals surface area contributed by atoms with Gasteiger partial charge in [-0.2, -0.15) is 0 Å². The molecule has 0 aromatic heterocycles. The minimum Gasteiger partial charge on any atom is -0.488 e. The highest BCUT2D eigenvalue weighted by atomic mass is 79.9. The van der Waals surface area contributed by atoms with E-state index >= 15 is 0 Å². The first-order chi connectivity index (χ1) is 9.56. The minimum atomic E-state index is -0.562. The van der Waals surface area contributed by atoms with E-state index in [-0.39, 0.29) is 11.9 Å². The number of hydrogen-bond donors (Lipinski definition) is 1. The summed E-state index contributed by atoms with van der Waals surface area (Å²) in [5.41, 5.74) is 7.63. The van der Waals surface area contributed by atoms with Crippen LogP contribution in [0.15, 0.2) is 40.9 Å². The molecule has 2 aromatic carbocycles. The molecule has 5 heteroatoms. The summed E-state index contributed by atoms with van der Waals surface area (Å²) in [5.74, 6) is 0.435. The van der Waals surface area contributed by atoms with Crippen molar-refractivity contribution in [2.45, 2.75) is 18.6 Å². The molecule has 1 heterocycles. The van der Waals surface area contributed by atoms with Gasteiger partial charge in [-0.25, -0.2) is 4.39 Å². The van der Waals surface area contributed by atoms with Crippen LogP contribution < -0.4 is 10.5 Å². The van der Waals surface area contributed by atoms with E-state index in [0.717, 1.165) is 11.3 Å². The van der Waals surface area contributed by atoms with Crippen LogP contribution in [0.3, 0.4) is 0 Å². The van der Waals surface area contributed by atoms with E-state index in [1.165, 1.54) is 6.07 Å². The van der Waals surface area contributed by atoms with Gasteiger partial charge >= 0.3 is 0 Å². The smallest absolute Gasteiger partial charge is 0.129 e. The average Bonchev–Trinajstić information content (AvgIpc) is 2.86. The van der Waals surface area contributed by atoms with Crippen molar-refractivity contribution in [1.29, 1.82) is 0 Å². The van der Waals surface area contributed by atoms with Gasteiger partial charge in [-0.05, 0) is 39.7 Å². The summed E-state index contributed by atoms with van der Waals surface area (Å²) < 4.78 is 20.4. The van der Waals surface area contributed by atoms with Gasteiger partial charge < -0.3 is 10.5 Å². The average molecular weight is 357 g/mol. The molecule has 0 aliphatic carbocycles. The van der Waals surface area contributed by atoms with Gasteiger partial charge in [-0.15, -0.1) is 0 Å². The summed E-state index contributed by atoms with van der Waals surface area (Å²) in [5, 5.41) is 0.437. The van der Waals surface area contributed by atoms with Crippen LogP contribution in [-0.4, -0.2) is 6.10 Å². The topological polar surface area (TPSA) is 35.2 Å². The van der Waals surface area contributed by atoms with Crippen LogP contribution in [-0.2, 0) is 6.42 Å². The van der Waals surface area contributed by atoms with E-state index in [4.69, 9.17) is 22.1 Å². The highest BCUT2D eigenvalue weighted by Gasteiger charge is 2.30. The van der Waals surface area contributed by atoms with Crippen LogP contribution >= 0.6 is 27.5 Å². The van der Waals surface area contributed by atoms with Crippen molar-refractivity contribution < 1.29 is 9.13 Å². The second-order valence-corrected chi connectivity index (χ2v) is 6.04. The highest BCUT2D eigenvalue weighted by Crippen LogP contribution is 2.35. The van der Waals surface area contributed by atoms with Crippen LogP contribution in [0.2, 0.25) is 5.02 Å². The van der Waals surface area contributed by atoms with Gasteiger partial charge in [0.15, 0.2) is 0 Å². The quantitative estimate of drug-likeness (QED) is 0.817. The molecule has 20 heavy (non-hydrogen) atoms. The number of fused-ring (bicyclic) bond motifs is 1. The zero-order chi connectivity index (χ0) is 14.3. The second kappa shape index (κ2) is 5.35.